The Kier molecular flexibility index (Phi) is 3.75. The average molecular weight is 368 g/mol. The molecule has 0 unspecified atom stereocenters. The van der Waals surface area contributed by atoms with E-state index in [-0.39, 0.29) is 5.82 Å². The van der Waals surface area contributed by atoms with Gasteiger partial charge < -0.3 is 5.32 Å². The van der Waals surface area contributed by atoms with Crippen LogP contribution in [0.3, 0.4) is 0 Å². The molecule has 0 atom stereocenters. The van der Waals surface area contributed by atoms with Crippen molar-refractivity contribution in [3.05, 3.63) is 50.4 Å². The summed E-state index contributed by atoms with van der Waals surface area (Å²) in [6, 6.07) is 3.31. The Bertz CT molecular complexity index is 822. The fourth-order valence-electron chi connectivity index (χ4n) is 2.39. The molecule has 0 spiro atoms. The summed E-state index contributed by atoms with van der Waals surface area (Å²) in [5.74, 6) is -0.259. The van der Waals surface area contributed by atoms with Crippen LogP contribution in [-0.2, 0) is 6.54 Å². The van der Waals surface area contributed by atoms with Crippen molar-refractivity contribution in [2.75, 3.05) is 5.32 Å². The molecule has 110 valence electrons. The molecule has 3 nitrogen and oxygen atoms in total. The molecule has 2 heterocycles. The van der Waals surface area contributed by atoms with Crippen molar-refractivity contribution in [3.63, 3.8) is 0 Å². The van der Waals surface area contributed by atoms with Gasteiger partial charge in [-0.2, -0.15) is 0 Å². The number of anilines is 1. The van der Waals surface area contributed by atoms with Gasteiger partial charge in [-0.1, -0.05) is 0 Å². The molecule has 3 rings (SSSR count). The molecule has 0 aliphatic heterocycles. The number of nitrogens with zero attached hydrogens (tertiary/aromatic N) is 2. The quantitative estimate of drug-likeness (QED) is 0.717. The van der Waals surface area contributed by atoms with Gasteiger partial charge in [-0.25, -0.2) is 9.37 Å². The van der Waals surface area contributed by atoms with Crippen molar-refractivity contribution >= 4 is 37.9 Å². The molecular weight excluding hydrogens is 353 g/mol. The number of halogens is 2. The lowest BCUT2D eigenvalue weighted by Gasteiger charge is -2.11. The topological polar surface area (TPSA) is 29.3 Å². The number of aromatic nitrogens is 2. The molecule has 0 saturated heterocycles. The van der Waals surface area contributed by atoms with Gasteiger partial charge in [-0.3, -0.25) is 4.40 Å². The first-order chi connectivity index (χ1) is 9.97. The van der Waals surface area contributed by atoms with Crippen molar-refractivity contribution in [2.24, 2.45) is 0 Å². The highest BCUT2D eigenvalue weighted by atomic mass is 79.9. The number of benzene rings is 1. The van der Waals surface area contributed by atoms with Crippen LogP contribution >= 0.6 is 27.3 Å². The molecule has 0 bridgehead atoms. The second-order valence-corrected chi connectivity index (χ2v) is 6.76. The first kappa shape index (κ1) is 14.5. The lowest BCUT2D eigenvalue weighted by atomic mass is 10.2. The normalized spacial score (nSPS) is 11.3. The van der Waals surface area contributed by atoms with Crippen LogP contribution in [0.4, 0.5) is 10.1 Å². The van der Waals surface area contributed by atoms with Gasteiger partial charge >= 0.3 is 0 Å². The smallest absolute Gasteiger partial charge is 0.194 e. The summed E-state index contributed by atoms with van der Waals surface area (Å²) in [7, 11) is 0. The predicted molar refractivity (Wildman–Crippen MR) is 88.7 cm³/mol. The van der Waals surface area contributed by atoms with Gasteiger partial charge in [-0.05, 0) is 54.4 Å². The van der Waals surface area contributed by atoms with Gasteiger partial charge in [-0.15, -0.1) is 11.3 Å². The Morgan fingerprint density at radius 1 is 1.33 bits per heavy atom. The van der Waals surface area contributed by atoms with E-state index in [1.807, 2.05) is 13.8 Å². The van der Waals surface area contributed by atoms with Crippen LogP contribution < -0.4 is 5.32 Å². The third kappa shape index (κ3) is 2.58. The average Bonchev–Trinajstić information content (AvgIpc) is 2.92. The van der Waals surface area contributed by atoms with E-state index in [0.29, 0.717) is 11.0 Å². The van der Waals surface area contributed by atoms with E-state index >= 15 is 0 Å². The fourth-order valence-corrected chi connectivity index (χ4v) is 3.78. The van der Waals surface area contributed by atoms with Gasteiger partial charge in [0.15, 0.2) is 4.96 Å². The molecule has 0 saturated carbocycles. The summed E-state index contributed by atoms with van der Waals surface area (Å²) in [6.07, 6.45) is 0. The number of hydrogen-bond donors (Lipinski definition) is 1. The van der Waals surface area contributed by atoms with Crippen LogP contribution in [0.5, 0.6) is 0 Å². The Hall–Kier alpha value is -1.40. The third-order valence-corrected chi connectivity index (χ3v) is 5.09. The summed E-state index contributed by atoms with van der Waals surface area (Å²) in [5.41, 5.74) is 5.10. The Labute approximate surface area is 135 Å². The van der Waals surface area contributed by atoms with Crippen molar-refractivity contribution in [1.82, 2.24) is 9.38 Å². The van der Waals surface area contributed by atoms with Crippen molar-refractivity contribution in [2.45, 2.75) is 27.3 Å². The summed E-state index contributed by atoms with van der Waals surface area (Å²) in [4.78, 5) is 5.56. The zero-order chi connectivity index (χ0) is 15.1. The zero-order valence-corrected chi connectivity index (χ0v) is 14.4. The minimum absolute atomic E-state index is 0.259. The minimum Gasteiger partial charge on any atom is -0.379 e. The van der Waals surface area contributed by atoms with E-state index in [1.54, 1.807) is 17.4 Å². The summed E-state index contributed by atoms with van der Waals surface area (Å²) < 4.78 is 16.3. The maximum atomic E-state index is 13.7. The first-order valence-electron chi connectivity index (χ1n) is 6.59. The highest BCUT2D eigenvalue weighted by molar-refractivity contribution is 9.10. The molecule has 0 amide bonds. The summed E-state index contributed by atoms with van der Waals surface area (Å²) in [6.45, 7) is 6.65. The van der Waals surface area contributed by atoms with E-state index in [4.69, 9.17) is 0 Å². The van der Waals surface area contributed by atoms with Crippen LogP contribution in [-0.4, -0.2) is 9.38 Å². The fraction of sp³-hybridized carbons (Fsp3) is 0.267. The standard InChI is InChI=1S/C15H15BrFN3S/c1-8-4-11(16)12(17)5-13(8)18-6-14-10(3)19-15-20(14)9(2)7-21-15/h4-5,7,18H,6H2,1-3H3. The van der Waals surface area contributed by atoms with Crippen LogP contribution in [0.1, 0.15) is 22.6 Å². The number of rotatable bonds is 3. The molecule has 1 N–H and O–H groups in total. The highest BCUT2D eigenvalue weighted by Gasteiger charge is 2.13. The van der Waals surface area contributed by atoms with Gasteiger partial charge in [0.25, 0.3) is 0 Å². The number of fused-ring (bicyclic) bond motifs is 1. The van der Waals surface area contributed by atoms with Crippen molar-refractivity contribution in [1.29, 1.82) is 0 Å². The van der Waals surface area contributed by atoms with Crippen molar-refractivity contribution in [3.8, 4) is 0 Å². The number of nitrogens with one attached hydrogen (secondary N) is 1. The lowest BCUT2D eigenvalue weighted by Crippen LogP contribution is -2.06. The van der Waals surface area contributed by atoms with Gasteiger partial charge in [0.05, 0.1) is 22.4 Å². The molecule has 0 radical (unpaired) electrons. The van der Waals surface area contributed by atoms with E-state index in [9.17, 15) is 4.39 Å². The Morgan fingerprint density at radius 3 is 2.86 bits per heavy atom. The maximum absolute atomic E-state index is 13.7. The maximum Gasteiger partial charge on any atom is 0.194 e. The van der Waals surface area contributed by atoms with Gasteiger partial charge in [0.1, 0.15) is 5.82 Å². The molecular formula is C15H15BrFN3S. The monoisotopic (exact) mass is 367 g/mol. The van der Waals surface area contributed by atoms with E-state index in [0.717, 1.165) is 27.6 Å². The van der Waals surface area contributed by atoms with E-state index in [1.165, 1.54) is 11.8 Å². The van der Waals surface area contributed by atoms with Gasteiger partial charge in [0, 0.05) is 16.8 Å². The van der Waals surface area contributed by atoms with E-state index < -0.39 is 0 Å². The highest BCUT2D eigenvalue weighted by Crippen LogP contribution is 2.26. The second kappa shape index (κ2) is 5.42. The van der Waals surface area contributed by atoms with Crippen LogP contribution in [0.15, 0.2) is 22.0 Å². The molecule has 0 fully saturated rings. The largest absolute Gasteiger partial charge is 0.379 e. The first-order valence-corrected chi connectivity index (χ1v) is 8.26. The molecule has 21 heavy (non-hydrogen) atoms. The Balaban J connectivity index is 1.92. The lowest BCUT2D eigenvalue weighted by molar-refractivity contribution is 0.621. The van der Waals surface area contributed by atoms with Crippen LogP contribution in [0, 0.1) is 26.6 Å². The number of thiazole rings is 1. The molecule has 2 aromatic heterocycles. The SMILES string of the molecule is Cc1cc(Br)c(F)cc1NCc1c(C)nc2scc(C)n12. The molecule has 0 aliphatic carbocycles. The molecule has 1 aromatic carbocycles. The zero-order valence-electron chi connectivity index (χ0n) is 12.0. The summed E-state index contributed by atoms with van der Waals surface area (Å²) in [5, 5.41) is 5.41. The van der Waals surface area contributed by atoms with Crippen LogP contribution in [0.25, 0.3) is 4.96 Å². The predicted octanol–water partition coefficient (Wildman–Crippen LogP) is 4.83. The minimum atomic E-state index is -0.259. The molecule has 0 aliphatic rings. The van der Waals surface area contributed by atoms with E-state index in [2.05, 4.69) is 42.9 Å². The van der Waals surface area contributed by atoms with Crippen LogP contribution in [0.2, 0.25) is 0 Å². The third-order valence-electron chi connectivity index (χ3n) is 3.54. The number of hydrogen-bond acceptors (Lipinski definition) is 3. The van der Waals surface area contributed by atoms with Gasteiger partial charge in [0.2, 0.25) is 0 Å². The second-order valence-electron chi connectivity index (χ2n) is 5.07. The Morgan fingerprint density at radius 2 is 2.10 bits per heavy atom. The number of aryl methyl sites for hydroxylation is 3. The molecule has 6 heteroatoms. The molecule has 3 aromatic rings. The van der Waals surface area contributed by atoms with Crippen molar-refractivity contribution < 1.29 is 4.39 Å². The summed E-state index contributed by atoms with van der Waals surface area (Å²) >= 11 is 4.84. The number of imidazole rings is 1.